The summed E-state index contributed by atoms with van der Waals surface area (Å²) >= 11 is 1.46. The fourth-order valence-electron chi connectivity index (χ4n) is 4.35. The average Bonchev–Trinajstić information content (AvgIpc) is 3.25. The minimum atomic E-state index is -2.72. The number of thiazole rings is 1. The molecule has 2 saturated carbocycles. The topological polar surface area (TPSA) is 103 Å². The first-order valence-corrected chi connectivity index (χ1v) is 11.6. The van der Waals surface area contributed by atoms with E-state index >= 15 is 0 Å². The maximum Gasteiger partial charge on any atom is 0.244 e. The molecule has 7 nitrogen and oxygen atoms in total. The van der Waals surface area contributed by atoms with E-state index in [1.54, 1.807) is 0 Å². The molecule has 2 aromatic heterocycles. The number of alkyl halides is 2. The molecule has 2 aliphatic carbocycles. The number of nitrogens with zero attached hydrogens (tertiary/aromatic N) is 3. The Bertz CT molecular complexity index is 1110. The molecule has 0 radical (unpaired) electrons. The quantitative estimate of drug-likeness (QED) is 0.409. The zero-order chi connectivity index (χ0) is 22.5. The third-order valence-corrected chi connectivity index (χ3v) is 7.50. The number of para-hydroxylation sites is 1. The molecular weight excluding hydrogens is 436 g/mol. The summed E-state index contributed by atoms with van der Waals surface area (Å²) in [6, 6.07) is 8.00. The van der Waals surface area contributed by atoms with Crippen molar-refractivity contribution >= 4 is 33.3 Å². The molecule has 5 rings (SSSR count). The van der Waals surface area contributed by atoms with Crippen molar-refractivity contribution in [2.75, 3.05) is 10.6 Å². The van der Waals surface area contributed by atoms with Gasteiger partial charge in [-0.3, -0.25) is 0 Å². The van der Waals surface area contributed by atoms with E-state index in [1.807, 2.05) is 31.2 Å². The summed E-state index contributed by atoms with van der Waals surface area (Å²) < 4.78 is 27.6. The Morgan fingerprint density at radius 1 is 1.16 bits per heavy atom. The highest BCUT2D eigenvalue weighted by Gasteiger charge is 2.50. The van der Waals surface area contributed by atoms with Crippen LogP contribution in [0.25, 0.3) is 20.8 Å². The molecule has 10 heteroatoms. The molecule has 2 heterocycles. The summed E-state index contributed by atoms with van der Waals surface area (Å²) in [4.78, 5) is 13.9. The van der Waals surface area contributed by atoms with Gasteiger partial charge in [-0.05, 0) is 51.2 Å². The molecule has 4 N–H and O–H groups in total. The molecule has 0 aliphatic heterocycles. The third-order valence-electron chi connectivity index (χ3n) is 6.45. The molecule has 0 amide bonds. The summed E-state index contributed by atoms with van der Waals surface area (Å²) in [6.07, 6.45) is -1.14. The highest BCUT2D eigenvalue weighted by Crippen LogP contribution is 2.42. The summed E-state index contributed by atoms with van der Waals surface area (Å²) in [5.41, 5.74) is 0.143. The molecule has 1 aromatic carbocycles. The van der Waals surface area contributed by atoms with Crippen LogP contribution in [0.2, 0.25) is 0 Å². The van der Waals surface area contributed by atoms with Crippen LogP contribution < -0.4 is 10.6 Å². The van der Waals surface area contributed by atoms with Crippen LogP contribution in [0.1, 0.15) is 37.8 Å². The van der Waals surface area contributed by atoms with E-state index in [1.165, 1.54) is 11.3 Å². The Morgan fingerprint density at radius 2 is 1.94 bits per heavy atom. The van der Waals surface area contributed by atoms with Gasteiger partial charge in [0.05, 0.1) is 27.4 Å². The fourth-order valence-corrected chi connectivity index (χ4v) is 5.41. The number of anilines is 2. The van der Waals surface area contributed by atoms with E-state index in [-0.39, 0.29) is 18.7 Å². The van der Waals surface area contributed by atoms with Crippen LogP contribution in [0.4, 0.5) is 20.5 Å². The standard InChI is InChI=1S/C22H25F2N5O2S/c1-11-16(20-27-14-7-2-3-8-15(14)32-20)19(28-21(25-11)26-12-5-4-6-12)29-22(31)10-9-13(17(22)30)18(23)24/h2-3,7-8,12-13,17-18,30-31H,4-6,9-10H2,1H3,(H2,25,26,28,29). The van der Waals surface area contributed by atoms with E-state index < -0.39 is 24.2 Å². The van der Waals surface area contributed by atoms with Crippen molar-refractivity contribution in [3.05, 3.63) is 30.0 Å². The molecule has 3 atom stereocenters. The molecule has 3 unspecified atom stereocenters. The van der Waals surface area contributed by atoms with Crippen molar-refractivity contribution in [3.63, 3.8) is 0 Å². The van der Waals surface area contributed by atoms with E-state index in [2.05, 4.69) is 20.6 Å². The Hall–Kier alpha value is -2.43. The first-order valence-electron chi connectivity index (χ1n) is 10.8. The van der Waals surface area contributed by atoms with Gasteiger partial charge in [0.1, 0.15) is 16.9 Å². The van der Waals surface area contributed by atoms with Gasteiger partial charge in [0.25, 0.3) is 0 Å². The number of halogens is 2. The van der Waals surface area contributed by atoms with Gasteiger partial charge in [-0.2, -0.15) is 4.98 Å². The van der Waals surface area contributed by atoms with Crippen LogP contribution in [0.3, 0.4) is 0 Å². The number of aliphatic hydroxyl groups excluding tert-OH is 1. The molecule has 2 fully saturated rings. The second-order valence-electron chi connectivity index (χ2n) is 8.65. The Balaban J connectivity index is 1.56. The largest absolute Gasteiger partial charge is 0.388 e. The number of fused-ring (bicyclic) bond motifs is 1. The lowest BCUT2D eigenvalue weighted by atomic mass is 9.93. The average molecular weight is 462 g/mol. The number of aromatic nitrogens is 3. The van der Waals surface area contributed by atoms with Crippen LogP contribution in [0.15, 0.2) is 24.3 Å². The molecule has 0 bridgehead atoms. The molecule has 32 heavy (non-hydrogen) atoms. The summed E-state index contributed by atoms with van der Waals surface area (Å²) in [6.45, 7) is 1.83. The van der Waals surface area contributed by atoms with E-state index in [9.17, 15) is 19.0 Å². The van der Waals surface area contributed by atoms with Gasteiger partial charge in [-0.15, -0.1) is 11.3 Å². The zero-order valence-electron chi connectivity index (χ0n) is 17.6. The van der Waals surface area contributed by atoms with Gasteiger partial charge in [0.2, 0.25) is 12.4 Å². The third kappa shape index (κ3) is 3.80. The SMILES string of the molecule is Cc1nc(NC2CCC2)nc(NC2(O)CCC(C(F)F)C2O)c1-c1nc2ccccc2s1. The predicted molar refractivity (Wildman–Crippen MR) is 120 cm³/mol. The highest BCUT2D eigenvalue weighted by molar-refractivity contribution is 7.21. The van der Waals surface area contributed by atoms with Gasteiger partial charge < -0.3 is 20.8 Å². The Labute approximate surface area is 187 Å². The first-order chi connectivity index (χ1) is 15.3. The first kappa shape index (κ1) is 21.4. The second-order valence-corrected chi connectivity index (χ2v) is 9.68. The molecule has 0 spiro atoms. The van der Waals surface area contributed by atoms with E-state index in [0.29, 0.717) is 28.3 Å². The number of aryl methyl sites for hydroxylation is 1. The Morgan fingerprint density at radius 3 is 2.59 bits per heavy atom. The van der Waals surface area contributed by atoms with Gasteiger partial charge in [-0.1, -0.05) is 12.1 Å². The molecule has 2 aliphatic rings. The Kier molecular flexibility index (Phi) is 5.47. The predicted octanol–water partition coefficient (Wildman–Crippen LogP) is 4.16. The molecule has 0 saturated heterocycles. The fraction of sp³-hybridized carbons (Fsp3) is 0.500. The molecular formula is C22H25F2N5O2S. The van der Waals surface area contributed by atoms with Crippen LogP contribution >= 0.6 is 11.3 Å². The number of aliphatic hydroxyl groups is 2. The number of benzene rings is 1. The van der Waals surface area contributed by atoms with Crippen LogP contribution in [-0.2, 0) is 0 Å². The van der Waals surface area contributed by atoms with E-state index in [4.69, 9.17) is 4.98 Å². The monoisotopic (exact) mass is 461 g/mol. The smallest absolute Gasteiger partial charge is 0.244 e. The lowest BCUT2D eigenvalue weighted by Gasteiger charge is -2.31. The lowest BCUT2D eigenvalue weighted by molar-refractivity contribution is -0.0763. The number of nitrogens with one attached hydrogen (secondary N) is 2. The van der Waals surface area contributed by atoms with Crippen LogP contribution in [0, 0.1) is 12.8 Å². The van der Waals surface area contributed by atoms with Gasteiger partial charge in [0, 0.05) is 6.04 Å². The van der Waals surface area contributed by atoms with Crippen molar-refractivity contribution < 1.29 is 19.0 Å². The van der Waals surface area contributed by atoms with Crippen molar-refractivity contribution in [3.8, 4) is 10.6 Å². The maximum absolute atomic E-state index is 13.3. The molecule has 3 aromatic rings. The highest BCUT2D eigenvalue weighted by atomic mass is 32.1. The van der Waals surface area contributed by atoms with Crippen LogP contribution in [-0.4, -0.2) is 49.5 Å². The van der Waals surface area contributed by atoms with Crippen molar-refractivity contribution in [1.82, 2.24) is 15.0 Å². The zero-order valence-corrected chi connectivity index (χ0v) is 18.4. The van der Waals surface area contributed by atoms with Crippen molar-refractivity contribution in [2.24, 2.45) is 5.92 Å². The molecule has 170 valence electrons. The summed E-state index contributed by atoms with van der Waals surface area (Å²) in [5.74, 6) is -0.621. The van der Waals surface area contributed by atoms with Gasteiger partial charge >= 0.3 is 0 Å². The van der Waals surface area contributed by atoms with Crippen molar-refractivity contribution in [1.29, 1.82) is 0 Å². The second kappa shape index (κ2) is 8.17. The van der Waals surface area contributed by atoms with Gasteiger partial charge in [-0.25, -0.2) is 18.7 Å². The summed E-state index contributed by atoms with van der Waals surface area (Å²) in [5, 5.41) is 28.4. The number of rotatable bonds is 6. The van der Waals surface area contributed by atoms with Crippen molar-refractivity contribution in [2.45, 2.75) is 63.3 Å². The minimum Gasteiger partial charge on any atom is -0.388 e. The summed E-state index contributed by atoms with van der Waals surface area (Å²) in [7, 11) is 0. The van der Waals surface area contributed by atoms with Crippen LogP contribution in [0.5, 0.6) is 0 Å². The normalized spacial score (nSPS) is 25.9. The maximum atomic E-state index is 13.3. The number of hydrogen-bond donors (Lipinski definition) is 4. The van der Waals surface area contributed by atoms with E-state index in [0.717, 1.165) is 29.5 Å². The number of hydrogen-bond acceptors (Lipinski definition) is 8. The van der Waals surface area contributed by atoms with Gasteiger partial charge in [0.15, 0.2) is 5.72 Å². The lowest BCUT2D eigenvalue weighted by Crippen LogP contribution is -2.48. The minimum absolute atomic E-state index is 0.00997.